The maximum Gasteiger partial charge on any atom is 0.119 e. The van der Waals surface area contributed by atoms with E-state index in [1.165, 1.54) is 27.8 Å². The van der Waals surface area contributed by atoms with Crippen molar-refractivity contribution in [1.82, 2.24) is 0 Å². The zero-order chi connectivity index (χ0) is 30.6. The van der Waals surface area contributed by atoms with E-state index in [0.29, 0.717) is 26.4 Å². The molecule has 2 fully saturated rings. The van der Waals surface area contributed by atoms with Crippen molar-refractivity contribution in [3.8, 4) is 17.2 Å². The van der Waals surface area contributed by atoms with E-state index < -0.39 is 5.41 Å². The van der Waals surface area contributed by atoms with E-state index in [4.69, 9.17) is 28.4 Å². The van der Waals surface area contributed by atoms with Gasteiger partial charge < -0.3 is 28.4 Å². The van der Waals surface area contributed by atoms with Gasteiger partial charge in [0.25, 0.3) is 0 Å². The number of ether oxygens (including phenoxy) is 6. The largest absolute Gasteiger partial charge is 0.491 e. The second-order valence-corrected chi connectivity index (χ2v) is 12.3. The van der Waals surface area contributed by atoms with Crippen LogP contribution >= 0.6 is 0 Å². The second-order valence-electron chi connectivity index (χ2n) is 12.3. The Hall–Kier alpha value is -3.84. The van der Waals surface area contributed by atoms with E-state index in [1.54, 1.807) is 7.11 Å². The molecule has 44 heavy (non-hydrogen) atoms. The number of hydrogen-bond acceptors (Lipinski definition) is 6. The van der Waals surface area contributed by atoms with Gasteiger partial charge in [0.2, 0.25) is 0 Å². The number of epoxide rings is 2. The summed E-state index contributed by atoms with van der Waals surface area (Å²) in [5.74, 6) is 2.55. The van der Waals surface area contributed by atoms with Crippen LogP contribution in [0.3, 0.4) is 0 Å². The third-order valence-electron chi connectivity index (χ3n) is 8.86. The van der Waals surface area contributed by atoms with Crippen molar-refractivity contribution in [3.05, 3.63) is 125 Å². The molecule has 0 aromatic heterocycles. The molecule has 3 unspecified atom stereocenters. The summed E-state index contributed by atoms with van der Waals surface area (Å²) in [4.78, 5) is 0. The molecule has 0 radical (unpaired) electrons. The smallest absolute Gasteiger partial charge is 0.119 e. The van der Waals surface area contributed by atoms with Crippen LogP contribution in [0.25, 0.3) is 0 Å². The molecule has 6 heteroatoms. The van der Waals surface area contributed by atoms with Crippen LogP contribution in [0.5, 0.6) is 17.2 Å². The van der Waals surface area contributed by atoms with Crippen LogP contribution < -0.4 is 14.2 Å². The molecule has 0 amide bonds. The topological polar surface area (TPSA) is 62.0 Å². The standard InChI is InChI=1S/C38H42O6/c1-37(2,28-9-15-33(16-10-28)41-23-35-25-43-35)27-5-7-29(8-6-27)38(3,30-11-17-32(18-12-30)40-22-21-39-4)31-13-19-34(20-14-31)42-24-36-26-44-36/h5-20,35-36H,21-26H2,1-4H3. The average molecular weight is 595 g/mol. The monoisotopic (exact) mass is 594 g/mol. The lowest BCUT2D eigenvalue weighted by Crippen LogP contribution is -2.26. The summed E-state index contributed by atoms with van der Waals surface area (Å²) in [6, 6.07) is 34.3. The SMILES string of the molecule is COCCOc1ccc(C(C)(c2ccc(OCC3CO3)cc2)c2ccc(C(C)(C)c3ccc(OCC4CO4)cc3)cc2)cc1. The van der Waals surface area contributed by atoms with E-state index in [9.17, 15) is 0 Å². The third-order valence-corrected chi connectivity index (χ3v) is 8.86. The fourth-order valence-electron chi connectivity index (χ4n) is 5.57. The van der Waals surface area contributed by atoms with Gasteiger partial charge in [0.1, 0.15) is 49.3 Å². The Kier molecular flexibility index (Phi) is 8.94. The number of rotatable bonds is 15. The van der Waals surface area contributed by atoms with E-state index in [2.05, 4.69) is 106 Å². The zero-order valence-electron chi connectivity index (χ0n) is 26.1. The molecule has 0 N–H and O–H groups in total. The fraction of sp³-hybridized carbons (Fsp3) is 0.368. The molecule has 0 aliphatic carbocycles. The minimum absolute atomic E-state index is 0.182. The summed E-state index contributed by atoms with van der Waals surface area (Å²) < 4.78 is 33.3. The number of benzene rings is 4. The highest BCUT2D eigenvalue weighted by atomic mass is 16.6. The van der Waals surface area contributed by atoms with Gasteiger partial charge in [0.05, 0.1) is 19.8 Å². The average Bonchev–Trinajstić information content (AvgIpc) is 4.00. The number of methoxy groups -OCH3 is 1. The lowest BCUT2D eigenvalue weighted by atomic mass is 9.70. The number of hydrogen-bond donors (Lipinski definition) is 0. The highest BCUT2D eigenvalue weighted by Gasteiger charge is 2.33. The van der Waals surface area contributed by atoms with Gasteiger partial charge in [-0.05, 0) is 71.1 Å². The van der Waals surface area contributed by atoms with Crippen molar-refractivity contribution in [1.29, 1.82) is 0 Å². The van der Waals surface area contributed by atoms with E-state index in [0.717, 1.165) is 30.5 Å². The molecule has 2 saturated heterocycles. The van der Waals surface area contributed by atoms with Crippen molar-refractivity contribution in [2.45, 2.75) is 43.8 Å². The first-order chi connectivity index (χ1) is 21.4. The molecule has 2 aliphatic rings. The molecule has 3 atom stereocenters. The molecule has 4 aromatic rings. The Bertz CT molecular complexity index is 1490. The molecule has 0 bridgehead atoms. The first-order valence-corrected chi connectivity index (χ1v) is 15.4. The van der Waals surface area contributed by atoms with Gasteiger partial charge in [0.15, 0.2) is 0 Å². The first-order valence-electron chi connectivity index (χ1n) is 15.4. The van der Waals surface area contributed by atoms with Gasteiger partial charge in [-0.25, -0.2) is 0 Å². The van der Waals surface area contributed by atoms with Crippen molar-refractivity contribution in [2.24, 2.45) is 0 Å². The van der Waals surface area contributed by atoms with Gasteiger partial charge in [0, 0.05) is 17.9 Å². The van der Waals surface area contributed by atoms with Gasteiger partial charge in [-0.3, -0.25) is 0 Å². The Balaban J connectivity index is 1.26. The van der Waals surface area contributed by atoms with Crippen molar-refractivity contribution in [2.75, 3.05) is 46.8 Å². The second kappa shape index (κ2) is 13.0. The van der Waals surface area contributed by atoms with Crippen molar-refractivity contribution in [3.63, 3.8) is 0 Å². The van der Waals surface area contributed by atoms with Crippen LogP contribution in [0, 0.1) is 0 Å². The summed E-state index contributed by atoms with van der Waals surface area (Å²) in [5, 5.41) is 0. The maximum absolute atomic E-state index is 5.94. The predicted molar refractivity (Wildman–Crippen MR) is 171 cm³/mol. The van der Waals surface area contributed by atoms with Gasteiger partial charge in [-0.2, -0.15) is 0 Å². The molecular weight excluding hydrogens is 552 g/mol. The molecule has 4 aromatic carbocycles. The van der Waals surface area contributed by atoms with Crippen molar-refractivity contribution < 1.29 is 28.4 Å². The highest BCUT2D eigenvalue weighted by molar-refractivity contribution is 5.52. The van der Waals surface area contributed by atoms with E-state index in [-0.39, 0.29) is 17.6 Å². The van der Waals surface area contributed by atoms with Crippen molar-refractivity contribution >= 4 is 0 Å². The van der Waals surface area contributed by atoms with Gasteiger partial charge >= 0.3 is 0 Å². The summed E-state index contributed by atoms with van der Waals surface area (Å²) in [7, 11) is 1.68. The summed E-state index contributed by atoms with van der Waals surface area (Å²) in [6.07, 6.45) is 0.470. The third kappa shape index (κ3) is 6.94. The summed E-state index contributed by atoms with van der Waals surface area (Å²) >= 11 is 0. The Morgan fingerprint density at radius 1 is 0.523 bits per heavy atom. The highest BCUT2D eigenvalue weighted by Crippen LogP contribution is 2.41. The zero-order valence-corrected chi connectivity index (χ0v) is 26.1. The van der Waals surface area contributed by atoms with Crippen LogP contribution in [0.2, 0.25) is 0 Å². The lowest BCUT2D eigenvalue weighted by Gasteiger charge is -2.33. The van der Waals surface area contributed by atoms with Crippen LogP contribution in [0.15, 0.2) is 97.1 Å². The van der Waals surface area contributed by atoms with Crippen LogP contribution in [0.4, 0.5) is 0 Å². The molecule has 0 spiro atoms. The van der Waals surface area contributed by atoms with Gasteiger partial charge in [-0.15, -0.1) is 0 Å². The Labute approximate surface area is 260 Å². The maximum atomic E-state index is 5.94. The minimum Gasteiger partial charge on any atom is -0.491 e. The first kappa shape index (κ1) is 30.2. The Morgan fingerprint density at radius 3 is 1.25 bits per heavy atom. The summed E-state index contributed by atoms with van der Waals surface area (Å²) in [5.41, 5.74) is 5.46. The molecule has 6 nitrogen and oxygen atoms in total. The molecule has 2 heterocycles. The normalized spacial score (nSPS) is 18.7. The molecular formula is C38H42O6. The van der Waals surface area contributed by atoms with Crippen LogP contribution in [0.1, 0.15) is 48.6 Å². The molecule has 2 aliphatic heterocycles. The van der Waals surface area contributed by atoms with E-state index in [1.807, 2.05) is 12.1 Å². The molecule has 0 saturated carbocycles. The predicted octanol–water partition coefficient (Wildman–Crippen LogP) is 6.95. The quantitative estimate of drug-likeness (QED) is 0.0844. The lowest BCUT2D eigenvalue weighted by molar-refractivity contribution is 0.146. The fourth-order valence-corrected chi connectivity index (χ4v) is 5.57. The van der Waals surface area contributed by atoms with E-state index >= 15 is 0 Å². The van der Waals surface area contributed by atoms with Crippen LogP contribution in [-0.4, -0.2) is 59.0 Å². The van der Waals surface area contributed by atoms with Gasteiger partial charge in [-0.1, -0.05) is 74.5 Å². The molecule has 6 rings (SSSR count). The van der Waals surface area contributed by atoms with Crippen LogP contribution in [-0.2, 0) is 25.0 Å². The Morgan fingerprint density at radius 2 is 0.864 bits per heavy atom. The summed E-state index contributed by atoms with van der Waals surface area (Å²) in [6.45, 7) is 10.7. The molecule has 230 valence electrons. The minimum atomic E-state index is -0.407.